The molecule has 0 radical (unpaired) electrons. The van der Waals surface area contributed by atoms with E-state index in [-0.39, 0.29) is 5.91 Å². The Balaban J connectivity index is 1.74. The topological polar surface area (TPSA) is 94.0 Å². The number of nitrogens with two attached hydrogens (primary N) is 1. The lowest BCUT2D eigenvalue weighted by Gasteiger charge is -2.04. The molecule has 0 aliphatic carbocycles. The van der Waals surface area contributed by atoms with Gasteiger partial charge in [0.15, 0.2) is 5.82 Å². The van der Waals surface area contributed by atoms with Gasteiger partial charge >= 0.3 is 0 Å². The fraction of sp³-hybridized carbons (Fsp3) is 0.308. The predicted octanol–water partition coefficient (Wildman–Crippen LogP) is 0.862. The van der Waals surface area contributed by atoms with Crippen molar-refractivity contribution in [1.82, 2.24) is 15.5 Å². The van der Waals surface area contributed by atoms with E-state index in [0.717, 1.165) is 5.56 Å². The third kappa shape index (κ3) is 4.09. The number of hydrogen-bond donors (Lipinski definition) is 2. The molecule has 6 heteroatoms. The van der Waals surface area contributed by atoms with Crippen LogP contribution in [0.3, 0.4) is 0 Å². The number of rotatable bonds is 5. The Bertz CT molecular complexity index is 548. The van der Waals surface area contributed by atoms with E-state index in [2.05, 4.69) is 15.5 Å². The van der Waals surface area contributed by atoms with Crippen LogP contribution in [0.2, 0.25) is 0 Å². The molecule has 0 fully saturated rings. The third-order valence-corrected chi connectivity index (χ3v) is 2.58. The van der Waals surface area contributed by atoms with Crippen LogP contribution in [0.5, 0.6) is 0 Å². The number of carbonyl (C=O) groups is 1. The monoisotopic (exact) mass is 260 g/mol. The Morgan fingerprint density at radius 2 is 2.11 bits per heavy atom. The lowest BCUT2D eigenvalue weighted by Crippen LogP contribution is -2.27. The van der Waals surface area contributed by atoms with Gasteiger partial charge in [0.05, 0.1) is 6.42 Å². The summed E-state index contributed by atoms with van der Waals surface area (Å²) in [6, 6.07) is 7.25. The normalized spacial score (nSPS) is 10.4. The average Bonchev–Trinajstić information content (AvgIpc) is 2.78. The molecule has 6 nitrogen and oxygen atoms in total. The number of carbonyl (C=O) groups excluding carboxylic acids is 1. The summed E-state index contributed by atoms with van der Waals surface area (Å²) in [5.74, 6) is 1.10. The fourth-order valence-electron chi connectivity index (χ4n) is 1.64. The van der Waals surface area contributed by atoms with Crippen molar-refractivity contribution in [3.63, 3.8) is 0 Å². The van der Waals surface area contributed by atoms with Gasteiger partial charge in [-0.1, -0.05) is 17.3 Å². The van der Waals surface area contributed by atoms with Crippen molar-refractivity contribution >= 4 is 11.6 Å². The highest BCUT2D eigenvalue weighted by Crippen LogP contribution is 2.05. The van der Waals surface area contributed by atoms with Crippen molar-refractivity contribution in [2.24, 2.45) is 0 Å². The summed E-state index contributed by atoms with van der Waals surface area (Å²) in [6.07, 6.45) is 0.899. The molecule has 2 rings (SSSR count). The molecular weight excluding hydrogens is 244 g/mol. The average molecular weight is 260 g/mol. The van der Waals surface area contributed by atoms with Crippen molar-refractivity contribution in [3.05, 3.63) is 41.5 Å². The minimum Gasteiger partial charge on any atom is -0.399 e. The molecule has 0 spiro atoms. The Kier molecular flexibility index (Phi) is 4.12. The predicted molar refractivity (Wildman–Crippen MR) is 70.3 cm³/mol. The van der Waals surface area contributed by atoms with Crippen LogP contribution in [-0.4, -0.2) is 22.6 Å². The van der Waals surface area contributed by atoms with E-state index in [1.165, 1.54) is 0 Å². The maximum absolute atomic E-state index is 11.7. The van der Waals surface area contributed by atoms with Gasteiger partial charge in [0.1, 0.15) is 0 Å². The third-order valence-electron chi connectivity index (χ3n) is 2.58. The number of nitrogens with zero attached hydrogens (tertiary/aromatic N) is 2. The fourth-order valence-corrected chi connectivity index (χ4v) is 1.64. The highest BCUT2D eigenvalue weighted by molar-refractivity contribution is 5.78. The SMILES string of the molecule is Cc1nc(CCNC(=O)Cc2ccc(N)cc2)no1. The molecule has 0 bridgehead atoms. The summed E-state index contributed by atoms with van der Waals surface area (Å²) in [5.41, 5.74) is 7.20. The molecule has 2 aromatic rings. The van der Waals surface area contributed by atoms with Gasteiger partial charge in [-0.15, -0.1) is 0 Å². The largest absolute Gasteiger partial charge is 0.399 e. The van der Waals surface area contributed by atoms with Gasteiger partial charge in [0.2, 0.25) is 11.8 Å². The molecule has 0 aliphatic rings. The smallest absolute Gasteiger partial charge is 0.224 e. The number of nitrogen functional groups attached to an aromatic ring is 1. The van der Waals surface area contributed by atoms with Gasteiger partial charge in [0, 0.05) is 25.6 Å². The zero-order valence-corrected chi connectivity index (χ0v) is 10.7. The van der Waals surface area contributed by atoms with Crippen LogP contribution in [-0.2, 0) is 17.6 Å². The highest BCUT2D eigenvalue weighted by atomic mass is 16.5. The molecular formula is C13H16N4O2. The zero-order chi connectivity index (χ0) is 13.7. The number of benzene rings is 1. The molecule has 3 N–H and O–H groups in total. The molecule has 19 heavy (non-hydrogen) atoms. The van der Waals surface area contributed by atoms with E-state index in [0.29, 0.717) is 36.8 Å². The Morgan fingerprint density at radius 3 is 2.74 bits per heavy atom. The molecule has 1 aromatic carbocycles. The van der Waals surface area contributed by atoms with E-state index >= 15 is 0 Å². The summed E-state index contributed by atoms with van der Waals surface area (Å²) < 4.78 is 4.84. The Labute approximate surface area is 111 Å². The molecule has 0 unspecified atom stereocenters. The summed E-state index contributed by atoms with van der Waals surface area (Å²) in [6.45, 7) is 2.23. The van der Waals surface area contributed by atoms with Gasteiger partial charge in [0.25, 0.3) is 0 Å². The van der Waals surface area contributed by atoms with Crippen molar-refractivity contribution in [1.29, 1.82) is 0 Å². The zero-order valence-electron chi connectivity index (χ0n) is 10.7. The van der Waals surface area contributed by atoms with Gasteiger partial charge in [-0.05, 0) is 17.7 Å². The van der Waals surface area contributed by atoms with Crippen LogP contribution in [0.25, 0.3) is 0 Å². The van der Waals surface area contributed by atoms with Crippen molar-refractivity contribution in [2.45, 2.75) is 19.8 Å². The molecule has 0 saturated heterocycles. The Morgan fingerprint density at radius 1 is 1.37 bits per heavy atom. The van der Waals surface area contributed by atoms with Crippen molar-refractivity contribution < 1.29 is 9.32 Å². The van der Waals surface area contributed by atoms with E-state index in [9.17, 15) is 4.79 Å². The quantitative estimate of drug-likeness (QED) is 0.778. The number of hydrogen-bond acceptors (Lipinski definition) is 5. The maximum Gasteiger partial charge on any atom is 0.224 e. The van der Waals surface area contributed by atoms with Gasteiger partial charge in [-0.3, -0.25) is 4.79 Å². The summed E-state index contributed by atoms with van der Waals surface area (Å²) in [4.78, 5) is 15.7. The number of amides is 1. The molecule has 1 heterocycles. The van der Waals surface area contributed by atoms with E-state index in [1.54, 1.807) is 19.1 Å². The minimum atomic E-state index is -0.0370. The Hall–Kier alpha value is -2.37. The van der Waals surface area contributed by atoms with E-state index < -0.39 is 0 Å². The second kappa shape index (κ2) is 5.99. The molecule has 1 aromatic heterocycles. The first kappa shape index (κ1) is 13.1. The van der Waals surface area contributed by atoms with Crippen LogP contribution in [0.15, 0.2) is 28.8 Å². The molecule has 0 atom stereocenters. The van der Waals surface area contributed by atoms with Crippen LogP contribution >= 0.6 is 0 Å². The van der Waals surface area contributed by atoms with Gasteiger partial charge in [-0.2, -0.15) is 4.98 Å². The first-order chi connectivity index (χ1) is 9.13. The molecule has 1 amide bonds. The van der Waals surface area contributed by atoms with E-state index in [1.807, 2.05) is 12.1 Å². The summed E-state index contributed by atoms with van der Waals surface area (Å²) in [7, 11) is 0. The van der Waals surface area contributed by atoms with Gasteiger partial charge in [-0.25, -0.2) is 0 Å². The van der Waals surface area contributed by atoms with Crippen molar-refractivity contribution in [3.8, 4) is 0 Å². The second-order valence-electron chi connectivity index (χ2n) is 4.25. The van der Waals surface area contributed by atoms with E-state index in [4.69, 9.17) is 10.3 Å². The highest BCUT2D eigenvalue weighted by Gasteiger charge is 2.05. The first-order valence-corrected chi connectivity index (χ1v) is 6.04. The number of aromatic nitrogens is 2. The molecule has 0 aliphatic heterocycles. The number of anilines is 1. The molecule has 0 saturated carbocycles. The van der Waals surface area contributed by atoms with Crippen molar-refractivity contribution in [2.75, 3.05) is 12.3 Å². The lowest BCUT2D eigenvalue weighted by molar-refractivity contribution is -0.120. The number of aryl methyl sites for hydroxylation is 1. The lowest BCUT2D eigenvalue weighted by atomic mass is 10.1. The molecule has 100 valence electrons. The minimum absolute atomic E-state index is 0.0370. The standard InChI is InChI=1S/C13H16N4O2/c1-9-16-12(17-19-9)6-7-15-13(18)8-10-2-4-11(14)5-3-10/h2-5H,6-8,14H2,1H3,(H,15,18). The number of nitrogens with one attached hydrogen (secondary N) is 1. The first-order valence-electron chi connectivity index (χ1n) is 6.04. The van der Waals surface area contributed by atoms with Crippen LogP contribution in [0.4, 0.5) is 5.69 Å². The van der Waals surface area contributed by atoms with Crippen LogP contribution < -0.4 is 11.1 Å². The van der Waals surface area contributed by atoms with Crippen LogP contribution in [0.1, 0.15) is 17.3 Å². The maximum atomic E-state index is 11.7. The second-order valence-corrected chi connectivity index (χ2v) is 4.25. The summed E-state index contributed by atoms with van der Waals surface area (Å²) in [5, 5.41) is 6.57. The van der Waals surface area contributed by atoms with Crippen LogP contribution in [0, 0.1) is 6.92 Å². The van der Waals surface area contributed by atoms with Gasteiger partial charge < -0.3 is 15.6 Å². The summed E-state index contributed by atoms with van der Waals surface area (Å²) >= 11 is 0.